The molecule has 8 nitrogen and oxygen atoms in total. The van der Waals surface area contributed by atoms with Crippen molar-refractivity contribution in [3.05, 3.63) is 95.1 Å². The highest BCUT2D eigenvalue weighted by Gasteiger charge is 2.48. The van der Waals surface area contributed by atoms with Gasteiger partial charge in [0.05, 0.1) is 0 Å². The normalized spacial score (nSPS) is 15.1. The fraction of sp³-hybridized carbons (Fsp3) is 0.143. The van der Waals surface area contributed by atoms with E-state index < -0.39 is 59.7 Å². The fourth-order valence-electron chi connectivity index (χ4n) is 4.37. The number of fused-ring (bicyclic) bond motifs is 2. The molecule has 0 aromatic heterocycles. The minimum Gasteiger partial charge on any atom is -0.486 e. The van der Waals surface area contributed by atoms with E-state index >= 15 is 0 Å². The van der Waals surface area contributed by atoms with Gasteiger partial charge in [-0.05, 0) is 36.4 Å². The van der Waals surface area contributed by atoms with Crippen LogP contribution < -0.4 is 9.47 Å². The van der Waals surface area contributed by atoms with E-state index in [1.165, 1.54) is 0 Å². The zero-order valence-corrected chi connectivity index (χ0v) is 18.8. The van der Waals surface area contributed by atoms with Gasteiger partial charge < -0.3 is 9.47 Å². The van der Waals surface area contributed by atoms with E-state index in [2.05, 4.69) is 0 Å². The van der Waals surface area contributed by atoms with Crippen LogP contribution in [-0.2, 0) is 9.59 Å². The van der Waals surface area contributed by atoms with Crippen LogP contribution in [0.25, 0.3) is 0 Å². The Morgan fingerprint density at radius 2 is 0.833 bits per heavy atom. The summed E-state index contributed by atoms with van der Waals surface area (Å²) >= 11 is 0. The average Bonchev–Trinajstić information content (AvgIpc) is 3.29. The second-order valence-corrected chi connectivity index (χ2v) is 8.40. The van der Waals surface area contributed by atoms with Crippen LogP contribution in [-0.4, -0.2) is 47.9 Å². The first-order valence-electron chi connectivity index (χ1n) is 11.1. The molecule has 178 valence electrons. The van der Waals surface area contributed by atoms with Gasteiger partial charge in [-0.3, -0.25) is 28.8 Å². The van der Waals surface area contributed by atoms with Gasteiger partial charge in [0.15, 0.2) is 34.7 Å². The van der Waals surface area contributed by atoms with Gasteiger partial charge in [-0.1, -0.05) is 36.4 Å². The second kappa shape index (κ2) is 9.14. The Hall–Kier alpha value is -4.72. The van der Waals surface area contributed by atoms with Crippen molar-refractivity contribution in [2.24, 2.45) is 11.8 Å². The number of carbonyl (C=O) groups excluding carboxylic acids is 6. The Morgan fingerprint density at radius 3 is 1.14 bits per heavy atom. The molecular weight excluding hydrogens is 464 g/mol. The van der Waals surface area contributed by atoms with Crippen LogP contribution in [0.3, 0.4) is 0 Å². The van der Waals surface area contributed by atoms with Crippen LogP contribution in [0.1, 0.15) is 41.4 Å². The highest BCUT2D eigenvalue weighted by molar-refractivity contribution is 6.40. The summed E-state index contributed by atoms with van der Waals surface area (Å²) in [5.41, 5.74) is -0.476. The first-order chi connectivity index (χ1) is 17.4. The lowest BCUT2D eigenvalue weighted by Crippen LogP contribution is -2.30. The largest absolute Gasteiger partial charge is 0.486 e. The van der Waals surface area contributed by atoms with Crippen molar-refractivity contribution in [1.82, 2.24) is 0 Å². The van der Waals surface area contributed by atoms with Gasteiger partial charge >= 0.3 is 0 Å². The summed E-state index contributed by atoms with van der Waals surface area (Å²) < 4.78 is 10.7. The van der Waals surface area contributed by atoms with E-state index in [1.54, 1.807) is 60.7 Å². The maximum Gasteiger partial charge on any atom is 0.188 e. The first-order valence-corrected chi connectivity index (χ1v) is 11.1. The van der Waals surface area contributed by atoms with Gasteiger partial charge in [-0.2, -0.15) is 0 Å². The molecule has 3 aromatic carbocycles. The van der Waals surface area contributed by atoms with E-state index in [-0.39, 0.29) is 22.3 Å². The Balaban J connectivity index is 1.33. The molecule has 0 amide bonds. The molecule has 0 atom stereocenters. The zero-order valence-electron chi connectivity index (χ0n) is 18.8. The van der Waals surface area contributed by atoms with Gasteiger partial charge in [0, 0.05) is 22.3 Å². The molecule has 3 aromatic rings. The second-order valence-electron chi connectivity index (χ2n) is 8.40. The zero-order chi connectivity index (χ0) is 25.4. The van der Waals surface area contributed by atoms with Crippen molar-refractivity contribution in [3.63, 3.8) is 0 Å². The lowest BCUT2D eigenvalue weighted by atomic mass is 9.97. The van der Waals surface area contributed by atoms with E-state index in [0.717, 1.165) is 12.1 Å². The first kappa shape index (κ1) is 23.0. The molecule has 5 rings (SSSR count). The molecule has 2 aliphatic rings. The van der Waals surface area contributed by atoms with Crippen molar-refractivity contribution >= 4 is 34.7 Å². The fourth-order valence-corrected chi connectivity index (χ4v) is 4.37. The van der Waals surface area contributed by atoms with Gasteiger partial charge in [-0.25, -0.2) is 0 Å². The van der Waals surface area contributed by atoms with Crippen molar-refractivity contribution in [1.29, 1.82) is 0 Å². The maximum atomic E-state index is 12.9. The highest BCUT2D eigenvalue weighted by atomic mass is 16.5. The number of rotatable bonds is 8. The van der Waals surface area contributed by atoms with Crippen molar-refractivity contribution in [2.45, 2.75) is 0 Å². The van der Waals surface area contributed by atoms with Gasteiger partial charge in [0.1, 0.15) is 36.5 Å². The van der Waals surface area contributed by atoms with Gasteiger partial charge in [0.2, 0.25) is 0 Å². The molecular formula is C28H18O8. The van der Waals surface area contributed by atoms with Crippen LogP contribution >= 0.6 is 0 Å². The molecule has 0 radical (unpaired) electrons. The number of Topliss-reactive ketones (excluding diaryl/α,β-unsaturated/α-hetero) is 6. The highest BCUT2D eigenvalue weighted by Crippen LogP contribution is 2.36. The monoisotopic (exact) mass is 482 g/mol. The number of benzene rings is 3. The molecule has 0 N–H and O–H groups in total. The van der Waals surface area contributed by atoms with Crippen LogP contribution in [0.4, 0.5) is 0 Å². The number of para-hydroxylation sites is 2. The summed E-state index contributed by atoms with van der Waals surface area (Å²) in [5.74, 6) is -6.90. The number of ether oxygens (including phenoxy) is 2. The molecule has 8 heteroatoms. The van der Waals surface area contributed by atoms with Crippen LogP contribution in [0.5, 0.6) is 11.5 Å². The van der Waals surface area contributed by atoms with Gasteiger partial charge in [0.25, 0.3) is 0 Å². The Bertz CT molecular complexity index is 1280. The molecule has 0 aliphatic heterocycles. The van der Waals surface area contributed by atoms with Crippen LogP contribution in [0.2, 0.25) is 0 Å². The van der Waals surface area contributed by atoms with E-state index in [1.807, 2.05) is 0 Å². The van der Waals surface area contributed by atoms with E-state index in [0.29, 0.717) is 11.5 Å². The molecule has 0 fully saturated rings. The predicted octanol–water partition coefficient (Wildman–Crippen LogP) is 2.97. The summed E-state index contributed by atoms with van der Waals surface area (Å²) in [6, 6.07) is 19.2. The lowest BCUT2D eigenvalue weighted by molar-refractivity contribution is -0.123. The van der Waals surface area contributed by atoms with Crippen LogP contribution in [0.15, 0.2) is 72.8 Å². The lowest BCUT2D eigenvalue weighted by Gasteiger charge is -2.08. The minimum absolute atomic E-state index is 0.119. The Kier molecular flexibility index (Phi) is 5.85. The van der Waals surface area contributed by atoms with Gasteiger partial charge in [-0.15, -0.1) is 0 Å². The molecule has 0 heterocycles. The molecule has 36 heavy (non-hydrogen) atoms. The summed E-state index contributed by atoms with van der Waals surface area (Å²) in [5, 5.41) is 0. The van der Waals surface area contributed by atoms with E-state index in [9.17, 15) is 28.8 Å². The summed E-state index contributed by atoms with van der Waals surface area (Å²) in [4.78, 5) is 77.1. The van der Waals surface area contributed by atoms with E-state index in [4.69, 9.17) is 9.47 Å². The minimum atomic E-state index is -1.60. The maximum absolute atomic E-state index is 12.9. The molecule has 0 unspecified atom stereocenters. The SMILES string of the molecule is O=C(COc1ccccc1)C1C(=O)c2cc3c(cc2C1=O)C(=O)C(C(=O)COc1ccccc1)C3=O. The Labute approximate surface area is 204 Å². The average molecular weight is 482 g/mol. The summed E-state index contributed by atoms with van der Waals surface area (Å²) in [7, 11) is 0. The third-order valence-corrected chi connectivity index (χ3v) is 6.16. The topological polar surface area (TPSA) is 121 Å². The number of hydrogen-bond acceptors (Lipinski definition) is 8. The standard InChI is InChI=1S/C28H18O8/c29-21(13-35-15-7-3-1-4-8-15)23-25(31)17-11-19-20(12-18(17)26(23)32)28(34)24(27(19)33)22(30)14-36-16-9-5-2-6-10-16/h1-12,23-24H,13-14H2. The number of carbonyl (C=O) groups is 6. The van der Waals surface area contributed by atoms with Crippen molar-refractivity contribution in [2.75, 3.05) is 13.2 Å². The van der Waals surface area contributed by atoms with Crippen molar-refractivity contribution in [3.8, 4) is 11.5 Å². The number of ketones is 6. The summed E-state index contributed by atoms with van der Waals surface area (Å²) in [6.07, 6.45) is 0. The predicted molar refractivity (Wildman–Crippen MR) is 125 cm³/mol. The number of hydrogen-bond donors (Lipinski definition) is 0. The third-order valence-electron chi connectivity index (χ3n) is 6.16. The smallest absolute Gasteiger partial charge is 0.188 e. The molecule has 2 aliphatic carbocycles. The molecule has 0 saturated heterocycles. The summed E-state index contributed by atoms with van der Waals surface area (Å²) in [6.45, 7) is -0.981. The van der Waals surface area contributed by atoms with Crippen molar-refractivity contribution < 1.29 is 38.2 Å². The quantitative estimate of drug-likeness (QED) is 0.450. The van der Waals surface area contributed by atoms with Crippen LogP contribution in [0, 0.1) is 11.8 Å². The molecule has 0 saturated carbocycles. The molecule has 0 spiro atoms. The molecule has 0 bridgehead atoms. The third kappa shape index (κ3) is 3.92. The Morgan fingerprint density at radius 1 is 0.528 bits per heavy atom.